The third-order valence-corrected chi connectivity index (χ3v) is 3.91. The Labute approximate surface area is 155 Å². The van der Waals surface area contributed by atoms with E-state index in [0.717, 1.165) is 11.3 Å². The van der Waals surface area contributed by atoms with Crippen molar-refractivity contribution in [3.63, 3.8) is 0 Å². The van der Waals surface area contributed by atoms with Gasteiger partial charge in [0, 0.05) is 21.3 Å². The van der Waals surface area contributed by atoms with Crippen LogP contribution in [0.15, 0.2) is 60.8 Å². The van der Waals surface area contributed by atoms with Crippen LogP contribution in [-0.2, 0) is 0 Å². The number of rotatable bonds is 4. The molecule has 0 bridgehead atoms. The molecular formula is C19H15Cl2N3O. The highest BCUT2D eigenvalue weighted by Gasteiger charge is 2.06. The minimum Gasteiger partial charge on any atom is -0.340 e. The maximum Gasteiger partial charge on any atom is 0.255 e. The maximum absolute atomic E-state index is 12.2. The minimum atomic E-state index is -0.177. The first kappa shape index (κ1) is 17.3. The third kappa shape index (κ3) is 4.72. The zero-order chi connectivity index (χ0) is 17.8. The second kappa shape index (κ2) is 7.55. The number of aryl methyl sites for hydroxylation is 1. The summed E-state index contributed by atoms with van der Waals surface area (Å²) < 4.78 is 0. The molecule has 0 aliphatic rings. The van der Waals surface area contributed by atoms with Crippen molar-refractivity contribution in [2.75, 3.05) is 10.6 Å². The molecule has 3 rings (SSSR count). The first-order valence-corrected chi connectivity index (χ1v) is 8.32. The van der Waals surface area contributed by atoms with E-state index in [0.29, 0.717) is 27.1 Å². The van der Waals surface area contributed by atoms with Crippen LogP contribution >= 0.6 is 23.2 Å². The van der Waals surface area contributed by atoms with Crippen LogP contribution in [0.1, 0.15) is 15.9 Å². The number of nitrogens with zero attached hydrogens (tertiary/aromatic N) is 1. The lowest BCUT2D eigenvalue weighted by Gasteiger charge is -2.09. The van der Waals surface area contributed by atoms with Crippen molar-refractivity contribution in [3.8, 4) is 0 Å². The number of hydrogen-bond acceptors (Lipinski definition) is 3. The highest BCUT2D eigenvalue weighted by atomic mass is 35.5. The number of carbonyl (C=O) groups excluding carboxylic acids is 1. The SMILES string of the molecule is Cc1ccc(C(=O)Nc2ccc(Nc3cc(Cl)cc(Cl)c3)nc2)cc1. The summed E-state index contributed by atoms with van der Waals surface area (Å²) in [5, 5.41) is 7.00. The van der Waals surface area contributed by atoms with E-state index in [1.54, 1.807) is 48.7 Å². The van der Waals surface area contributed by atoms with Crippen LogP contribution in [0, 0.1) is 6.92 Å². The van der Waals surface area contributed by atoms with Crippen molar-refractivity contribution in [1.29, 1.82) is 0 Å². The first-order chi connectivity index (χ1) is 12.0. The molecule has 0 aliphatic heterocycles. The van der Waals surface area contributed by atoms with Gasteiger partial charge in [-0.15, -0.1) is 0 Å². The molecule has 0 spiro atoms. The average Bonchev–Trinajstić information content (AvgIpc) is 2.56. The largest absolute Gasteiger partial charge is 0.340 e. The summed E-state index contributed by atoms with van der Waals surface area (Å²) in [5.41, 5.74) is 3.05. The molecular weight excluding hydrogens is 357 g/mol. The molecule has 25 heavy (non-hydrogen) atoms. The predicted molar refractivity (Wildman–Crippen MR) is 103 cm³/mol. The molecule has 1 heterocycles. The Kier molecular flexibility index (Phi) is 5.22. The van der Waals surface area contributed by atoms with E-state index in [4.69, 9.17) is 23.2 Å². The van der Waals surface area contributed by atoms with E-state index in [1.165, 1.54) is 0 Å². The molecule has 1 amide bonds. The molecule has 0 unspecified atom stereocenters. The van der Waals surface area contributed by atoms with Gasteiger partial charge in [-0.3, -0.25) is 4.79 Å². The number of nitrogens with one attached hydrogen (secondary N) is 2. The Morgan fingerprint density at radius 3 is 2.20 bits per heavy atom. The number of hydrogen-bond donors (Lipinski definition) is 2. The predicted octanol–water partition coefficient (Wildman–Crippen LogP) is 5.69. The quantitative estimate of drug-likeness (QED) is 0.618. The number of aromatic nitrogens is 1. The standard InChI is InChI=1S/C19H15Cl2N3O/c1-12-2-4-13(5-3-12)19(25)24-16-6-7-18(22-11-16)23-17-9-14(20)8-15(21)10-17/h2-11H,1H3,(H,22,23)(H,24,25). The Balaban J connectivity index is 1.67. The maximum atomic E-state index is 12.2. The van der Waals surface area contributed by atoms with Crippen LogP contribution in [0.25, 0.3) is 0 Å². The van der Waals surface area contributed by atoms with Crippen molar-refractivity contribution in [2.45, 2.75) is 6.92 Å². The fraction of sp³-hybridized carbons (Fsp3) is 0.0526. The molecule has 3 aromatic rings. The Hall–Kier alpha value is -2.56. The van der Waals surface area contributed by atoms with Crippen LogP contribution in [0.2, 0.25) is 10.0 Å². The summed E-state index contributed by atoms with van der Waals surface area (Å²) in [5.74, 6) is 0.441. The van der Waals surface area contributed by atoms with Gasteiger partial charge in [0.2, 0.25) is 0 Å². The minimum absolute atomic E-state index is 0.177. The normalized spacial score (nSPS) is 10.4. The molecule has 0 atom stereocenters. The zero-order valence-electron chi connectivity index (χ0n) is 13.4. The molecule has 4 nitrogen and oxygen atoms in total. The topological polar surface area (TPSA) is 54.0 Å². The lowest BCUT2D eigenvalue weighted by atomic mass is 10.1. The van der Waals surface area contributed by atoms with Gasteiger partial charge in [-0.05, 0) is 49.4 Å². The number of anilines is 3. The van der Waals surface area contributed by atoms with Gasteiger partial charge in [-0.1, -0.05) is 40.9 Å². The van der Waals surface area contributed by atoms with Crippen molar-refractivity contribution < 1.29 is 4.79 Å². The van der Waals surface area contributed by atoms with E-state index in [2.05, 4.69) is 15.6 Å². The molecule has 1 aromatic heterocycles. The highest BCUT2D eigenvalue weighted by molar-refractivity contribution is 6.35. The lowest BCUT2D eigenvalue weighted by molar-refractivity contribution is 0.102. The molecule has 126 valence electrons. The second-order valence-corrected chi connectivity index (χ2v) is 6.41. The molecule has 0 radical (unpaired) electrons. The van der Waals surface area contributed by atoms with Gasteiger partial charge in [-0.2, -0.15) is 0 Å². The third-order valence-electron chi connectivity index (χ3n) is 3.47. The smallest absolute Gasteiger partial charge is 0.255 e. The van der Waals surface area contributed by atoms with Crippen molar-refractivity contribution in [1.82, 2.24) is 4.98 Å². The number of benzene rings is 2. The Bertz CT molecular complexity index is 873. The van der Waals surface area contributed by atoms with Gasteiger partial charge >= 0.3 is 0 Å². The fourth-order valence-corrected chi connectivity index (χ4v) is 2.75. The Morgan fingerprint density at radius 2 is 1.60 bits per heavy atom. The van der Waals surface area contributed by atoms with E-state index < -0.39 is 0 Å². The van der Waals surface area contributed by atoms with Crippen LogP contribution in [0.3, 0.4) is 0 Å². The van der Waals surface area contributed by atoms with E-state index in [-0.39, 0.29) is 5.91 Å². The summed E-state index contributed by atoms with van der Waals surface area (Å²) >= 11 is 11.9. The molecule has 6 heteroatoms. The van der Waals surface area contributed by atoms with Crippen molar-refractivity contribution in [3.05, 3.63) is 82.0 Å². The van der Waals surface area contributed by atoms with E-state index >= 15 is 0 Å². The lowest BCUT2D eigenvalue weighted by Crippen LogP contribution is -2.12. The van der Waals surface area contributed by atoms with Gasteiger partial charge in [0.05, 0.1) is 11.9 Å². The summed E-state index contributed by atoms with van der Waals surface area (Å²) in [6, 6.07) is 16.1. The summed E-state index contributed by atoms with van der Waals surface area (Å²) in [7, 11) is 0. The van der Waals surface area contributed by atoms with E-state index in [1.807, 2.05) is 19.1 Å². The van der Waals surface area contributed by atoms with Crippen molar-refractivity contribution >= 4 is 46.3 Å². The van der Waals surface area contributed by atoms with Crippen LogP contribution < -0.4 is 10.6 Å². The summed E-state index contributed by atoms with van der Waals surface area (Å²) in [4.78, 5) is 16.5. The number of carbonyl (C=O) groups is 1. The first-order valence-electron chi connectivity index (χ1n) is 7.57. The monoisotopic (exact) mass is 371 g/mol. The van der Waals surface area contributed by atoms with Gasteiger partial charge < -0.3 is 10.6 Å². The molecule has 0 fully saturated rings. The van der Waals surface area contributed by atoms with Crippen LogP contribution in [0.5, 0.6) is 0 Å². The van der Waals surface area contributed by atoms with Crippen LogP contribution in [0.4, 0.5) is 17.2 Å². The molecule has 2 aromatic carbocycles. The second-order valence-electron chi connectivity index (χ2n) is 5.54. The highest BCUT2D eigenvalue weighted by Crippen LogP contribution is 2.25. The van der Waals surface area contributed by atoms with Crippen LogP contribution in [-0.4, -0.2) is 10.9 Å². The average molecular weight is 372 g/mol. The number of halogens is 2. The van der Waals surface area contributed by atoms with Crippen molar-refractivity contribution in [2.24, 2.45) is 0 Å². The van der Waals surface area contributed by atoms with E-state index in [9.17, 15) is 4.79 Å². The summed E-state index contributed by atoms with van der Waals surface area (Å²) in [6.45, 7) is 1.98. The molecule has 0 aliphatic carbocycles. The molecule has 0 saturated carbocycles. The number of pyridine rings is 1. The summed E-state index contributed by atoms with van der Waals surface area (Å²) in [6.07, 6.45) is 1.58. The zero-order valence-corrected chi connectivity index (χ0v) is 14.9. The van der Waals surface area contributed by atoms with Gasteiger partial charge in [0.1, 0.15) is 5.82 Å². The molecule has 2 N–H and O–H groups in total. The van der Waals surface area contributed by atoms with Gasteiger partial charge in [0.15, 0.2) is 0 Å². The Morgan fingerprint density at radius 1 is 0.920 bits per heavy atom. The fourth-order valence-electron chi connectivity index (χ4n) is 2.22. The van der Waals surface area contributed by atoms with Gasteiger partial charge in [0.25, 0.3) is 5.91 Å². The van der Waals surface area contributed by atoms with Gasteiger partial charge in [-0.25, -0.2) is 4.98 Å². The number of amides is 1. The molecule has 0 saturated heterocycles.